The van der Waals surface area contributed by atoms with Gasteiger partial charge in [-0.25, -0.2) is 4.98 Å². The third kappa shape index (κ3) is 1.98. The van der Waals surface area contributed by atoms with Crippen molar-refractivity contribution in [3.63, 3.8) is 0 Å². The number of rotatable bonds is 2. The summed E-state index contributed by atoms with van der Waals surface area (Å²) in [5.74, 6) is 1.31. The van der Waals surface area contributed by atoms with Crippen molar-refractivity contribution in [2.24, 2.45) is 0 Å². The summed E-state index contributed by atoms with van der Waals surface area (Å²) in [6.45, 7) is 0. The van der Waals surface area contributed by atoms with E-state index < -0.39 is 0 Å². The fourth-order valence-electron chi connectivity index (χ4n) is 1.76. The molecule has 3 rings (SSSR count). The number of halogens is 1. The monoisotopic (exact) mass is 259 g/mol. The Morgan fingerprint density at radius 1 is 1.22 bits per heavy atom. The number of nitrogens with two attached hydrogens (primary N) is 1. The molecule has 4 nitrogen and oxygen atoms in total. The van der Waals surface area contributed by atoms with Crippen LogP contribution in [0.3, 0.4) is 0 Å². The Balaban J connectivity index is 1.99. The van der Waals surface area contributed by atoms with E-state index in [-0.39, 0.29) is 0 Å². The van der Waals surface area contributed by atoms with Crippen molar-refractivity contribution in [3.8, 4) is 11.5 Å². The van der Waals surface area contributed by atoms with Gasteiger partial charge in [0.15, 0.2) is 5.65 Å². The van der Waals surface area contributed by atoms with E-state index in [1.165, 1.54) is 0 Å². The number of pyridine rings is 1. The highest BCUT2D eigenvalue weighted by molar-refractivity contribution is 6.30. The van der Waals surface area contributed by atoms with Gasteiger partial charge in [0.05, 0.1) is 11.9 Å². The first-order chi connectivity index (χ1) is 8.72. The lowest BCUT2D eigenvalue weighted by Gasteiger charge is -2.07. The maximum Gasteiger partial charge on any atom is 0.160 e. The molecule has 90 valence electrons. The minimum Gasteiger partial charge on any atom is -0.456 e. The average molecular weight is 260 g/mol. The Labute approximate surface area is 109 Å². The number of hydrogen-bond donors (Lipinski definition) is 1. The van der Waals surface area contributed by atoms with Crippen LogP contribution in [0.1, 0.15) is 0 Å². The van der Waals surface area contributed by atoms with Crippen LogP contribution in [0.15, 0.2) is 48.9 Å². The molecule has 0 atom stereocenters. The second kappa shape index (κ2) is 4.23. The zero-order valence-electron chi connectivity index (χ0n) is 9.38. The SMILES string of the molecule is Nc1cc(Oc2cccc(Cl)c2)cn2ccnc12. The lowest BCUT2D eigenvalue weighted by Crippen LogP contribution is -1.94. The van der Waals surface area contributed by atoms with E-state index in [1.807, 2.05) is 28.9 Å². The summed E-state index contributed by atoms with van der Waals surface area (Å²) in [7, 11) is 0. The molecule has 5 heteroatoms. The standard InChI is InChI=1S/C13H10ClN3O/c14-9-2-1-3-10(6-9)18-11-7-12(15)13-16-4-5-17(13)8-11/h1-8H,15H2. The lowest BCUT2D eigenvalue weighted by molar-refractivity contribution is 0.480. The first-order valence-electron chi connectivity index (χ1n) is 5.38. The van der Waals surface area contributed by atoms with Crippen molar-refractivity contribution < 1.29 is 4.74 Å². The predicted molar refractivity (Wildman–Crippen MR) is 71.1 cm³/mol. The van der Waals surface area contributed by atoms with Crippen LogP contribution >= 0.6 is 11.6 Å². The molecule has 0 aliphatic carbocycles. The Bertz CT molecular complexity index is 708. The molecule has 0 radical (unpaired) electrons. The molecule has 0 saturated carbocycles. The first-order valence-corrected chi connectivity index (χ1v) is 5.76. The third-order valence-electron chi connectivity index (χ3n) is 2.52. The topological polar surface area (TPSA) is 52.5 Å². The fourth-order valence-corrected chi connectivity index (χ4v) is 1.94. The number of nitrogens with zero attached hydrogens (tertiary/aromatic N) is 2. The summed E-state index contributed by atoms with van der Waals surface area (Å²) in [5, 5.41) is 0.629. The maximum atomic E-state index is 5.90. The van der Waals surface area contributed by atoms with E-state index in [1.54, 1.807) is 24.4 Å². The molecule has 2 aromatic heterocycles. The third-order valence-corrected chi connectivity index (χ3v) is 2.76. The summed E-state index contributed by atoms with van der Waals surface area (Å²) < 4.78 is 7.52. The minimum atomic E-state index is 0.569. The molecule has 1 aromatic carbocycles. The van der Waals surface area contributed by atoms with Crippen LogP contribution in [-0.4, -0.2) is 9.38 Å². The van der Waals surface area contributed by atoms with Gasteiger partial charge in [0.1, 0.15) is 11.5 Å². The number of benzene rings is 1. The minimum absolute atomic E-state index is 0.569. The molecular formula is C13H10ClN3O. The summed E-state index contributed by atoms with van der Waals surface area (Å²) in [6, 6.07) is 8.94. The average Bonchev–Trinajstić information content (AvgIpc) is 2.77. The Hall–Kier alpha value is -2.20. The lowest BCUT2D eigenvalue weighted by atomic mass is 10.3. The van der Waals surface area contributed by atoms with Crippen LogP contribution in [0.4, 0.5) is 5.69 Å². The molecule has 3 aromatic rings. The van der Waals surface area contributed by atoms with E-state index in [9.17, 15) is 0 Å². The number of anilines is 1. The highest BCUT2D eigenvalue weighted by Crippen LogP contribution is 2.26. The Morgan fingerprint density at radius 2 is 2.11 bits per heavy atom. The van der Waals surface area contributed by atoms with Crippen molar-refractivity contribution in [2.75, 3.05) is 5.73 Å². The number of aromatic nitrogens is 2. The second-order valence-electron chi connectivity index (χ2n) is 3.85. The van der Waals surface area contributed by atoms with E-state index in [0.29, 0.717) is 27.9 Å². The van der Waals surface area contributed by atoms with Crippen LogP contribution in [0.2, 0.25) is 5.02 Å². The molecular weight excluding hydrogens is 250 g/mol. The van der Waals surface area contributed by atoms with Gasteiger partial charge in [-0.05, 0) is 18.2 Å². The molecule has 0 spiro atoms. The van der Waals surface area contributed by atoms with Crippen molar-refractivity contribution >= 4 is 22.9 Å². The largest absolute Gasteiger partial charge is 0.456 e. The van der Waals surface area contributed by atoms with Gasteiger partial charge in [0.2, 0.25) is 0 Å². The number of fused-ring (bicyclic) bond motifs is 1. The van der Waals surface area contributed by atoms with E-state index in [2.05, 4.69) is 4.98 Å². The van der Waals surface area contributed by atoms with Gasteiger partial charge in [-0.15, -0.1) is 0 Å². The van der Waals surface area contributed by atoms with Crippen molar-refractivity contribution in [1.29, 1.82) is 0 Å². The molecule has 0 aliphatic rings. The van der Waals surface area contributed by atoms with Gasteiger partial charge in [-0.2, -0.15) is 0 Å². The summed E-state index contributed by atoms with van der Waals surface area (Å²) in [6.07, 6.45) is 5.32. The van der Waals surface area contributed by atoms with Crippen LogP contribution in [0, 0.1) is 0 Å². The molecule has 2 heterocycles. The van der Waals surface area contributed by atoms with Crippen molar-refractivity contribution in [2.45, 2.75) is 0 Å². The number of ether oxygens (including phenoxy) is 1. The zero-order chi connectivity index (χ0) is 12.5. The van der Waals surface area contributed by atoms with Gasteiger partial charge < -0.3 is 14.9 Å². The van der Waals surface area contributed by atoms with Gasteiger partial charge in [-0.3, -0.25) is 0 Å². The Morgan fingerprint density at radius 3 is 2.94 bits per heavy atom. The second-order valence-corrected chi connectivity index (χ2v) is 4.29. The Kier molecular flexibility index (Phi) is 2.57. The van der Waals surface area contributed by atoms with Crippen molar-refractivity contribution in [1.82, 2.24) is 9.38 Å². The quantitative estimate of drug-likeness (QED) is 0.768. The normalized spacial score (nSPS) is 10.7. The summed E-state index contributed by atoms with van der Waals surface area (Å²) >= 11 is 5.90. The number of imidazole rings is 1. The molecule has 2 N–H and O–H groups in total. The van der Waals surface area contributed by atoms with Gasteiger partial charge >= 0.3 is 0 Å². The van der Waals surface area contributed by atoms with Crippen LogP contribution in [-0.2, 0) is 0 Å². The van der Waals surface area contributed by atoms with Crippen LogP contribution < -0.4 is 10.5 Å². The molecule has 0 bridgehead atoms. The molecule has 0 aliphatic heterocycles. The van der Waals surface area contributed by atoms with E-state index >= 15 is 0 Å². The summed E-state index contributed by atoms with van der Waals surface area (Å²) in [4.78, 5) is 4.14. The molecule has 0 unspecified atom stereocenters. The van der Waals surface area contributed by atoms with Gasteiger partial charge in [0, 0.05) is 23.5 Å². The zero-order valence-corrected chi connectivity index (χ0v) is 10.1. The highest BCUT2D eigenvalue weighted by atomic mass is 35.5. The first kappa shape index (κ1) is 10.9. The molecule has 0 amide bonds. The molecule has 0 fully saturated rings. The summed E-state index contributed by atoms with van der Waals surface area (Å²) in [5.41, 5.74) is 7.18. The smallest absolute Gasteiger partial charge is 0.160 e. The van der Waals surface area contributed by atoms with Gasteiger partial charge in [-0.1, -0.05) is 17.7 Å². The molecule has 18 heavy (non-hydrogen) atoms. The number of nitrogen functional groups attached to an aromatic ring is 1. The number of hydrogen-bond acceptors (Lipinski definition) is 3. The highest BCUT2D eigenvalue weighted by Gasteiger charge is 2.04. The fraction of sp³-hybridized carbons (Fsp3) is 0. The maximum absolute atomic E-state index is 5.90. The molecule has 0 saturated heterocycles. The van der Waals surface area contributed by atoms with Crippen LogP contribution in [0.5, 0.6) is 11.5 Å². The van der Waals surface area contributed by atoms with Gasteiger partial charge in [0.25, 0.3) is 0 Å². The van der Waals surface area contributed by atoms with Crippen LogP contribution in [0.25, 0.3) is 5.65 Å². The van der Waals surface area contributed by atoms with Crippen molar-refractivity contribution in [3.05, 3.63) is 53.9 Å². The van der Waals surface area contributed by atoms with E-state index in [4.69, 9.17) is 22.1 Å². The van der Waals surface area contributed by atoms with E-state index in [0.717, 1.165) is 0 Å². The predicted octanol–water partition coefficient (Wildman–Crippen LogP) is 3.36.